The number of rotatable bonds is 5. The van der Waals surface area contributed by atoms with Gasteiger partial charge in [0.1, 0.15) is 0 Å². The van der Waals surface area contributed by atoms with Crippen LogP contribution in [0.2, 0.25) is 0 Å². The summed E-state index contributed by atoms with van der Waals surface area (Å²) in [5.74, 6) is 0. The Morgan fingerprint density at radius 1 is 1.38 bits per heavy atom. The van der Waals surface area contributed by atoms with E-state index in [9.17, 15) is 13.2 Å². The van der Waals surface area contributed by atoms with Crippen LogP contribution in [0.1, 0.15) is 26.3 Å². The lowest BCUT2D eigenvalue weighted by atomic mass is 10.1. The molecule has 0 heterocycles. The summed E-state index contributed by atoms with van der Waals surface area (Å²) in [4.78, 5) is 11.3. The monoisotopic (exact) mass is 315 g/mol. The zero-order valence-corrected chi connectivity index (χ0v) is 12.6. The average molecular weight is 315 g/mol. The molecule has 0 aromatic heterocycles. The van der Waals surface area contributed by atoms with Gasteiger partial charge >= 0.3 is 16.3 Å². The van der Waals surface area contributed by atoms with Gasteiger partial charge < -0.3 is 9.94 Å². The van der Waals surface area contributed by atoms with E-state index in [-0.39, 0.29) is 5.69 Å². The molecule has 21 heavy (non-hydrogen) atoms. The molecule has 0 bridgehead atoms. The summed E-state index contributed by atoms with van der Waals surface area (Å²) in [6.07, 6.45) is -1.51. The van der Waals surface area contributed by atoms with Crippen LogP contribution in [0.4, 0.5) is 10.5 Å². The first kappa shape index (κ1) is 16.8. The minimum Gasteiger partial charge on any atom is -0.446 e. The predicted octanol–water partition coefficient (Wildman–Crippen LogP) is 1.68. The Kier molecular flexibility index (Phi) is 5.53. The second kappa shape index (κ2) is 6.93. The Labute approximate surface area is 123 Å². The highest BCUT2D eigenvalue weighted by Gasteiger charge is 2.16. The lowest BCUT2D eigenvalue weighted by molar-refractivity contribution is 0.121. The van der Waals surface area contributed by atoms with E-state index >= 15 is 0 Å². The van der Waals surface area contributed by atoms with Gasteiger partial charge in [-0.3, -0.25) is 4.72 Å². The third-order valence-corrected chi connectivity index (χ3v) is 3.18. The van der Waals surface area contributed by atoms with Gasteiger partial charge in [-0.25, -0.2) is 9.52 Å². The van der Waals surface area contributed by atoms with Crippen LogP contribution in [-0.2, 0) is 14.9 Å². The smallest absolute Gasteiger partial charge is 0.422 e. The molecule has 1 aromatic carbocycles. The molecule has 0 atom stereocenters. The molecule has 8 nitrogen and oxygen atoms in total. The third-order valence-electron chi connectivity index (χ3n) is 2.24. The maximum Gasteiger partial charge on any atom is 0.422 e. The zero-order valence-electron chi connectivity index (χ0n) is 11.8. The Bertz CT molecular complexity index is 640. The van der Waals surface area contributed by atoms with Gasteiger partial charge in [-0.15, -0.1) is 0 Å². The minimum atomic E-state index is -4.11. The number of hydrogen-bond acceptors (Lipinski definition) is 6. The van der Waals surface area contributed by atoms with Crippen LogP contribution in [0, 0.1) is 0 Å². The molecule has 0 radical (unpaired) electrons. The number of ether oxygens (including phenoxy) is 1. The van der Waals surface area contributed by atoms with Crippen molar-refractivity contribution >= 4 is 27.7 Å². The molecule has 1 rings (SSSR count). The SMILES string of the molecule is C/C(=N\O)c1cccc(NS(=O)(=O)NC(=O)OC(C)C)c1. The van der Waals surface area contributed by atoms with Crippen LogP contribution < -0.4 is 9.44 Å². The number of benzene rings is 1. The number of carbonyl (C=O) groups is 1. The summed E-state index contributed by atoms with van der Waals surface area (Å²) in [6.45, 7) is 4.76. The maximum atomic E-state index is 11.7. The van der Waals surface area contributed by atoms with Crippen LogP contribution in [0.15, 0.2) is 29.4 Å². The number of oxime groups is 1. The van der Waals surface area contributed by atoms with E-state index < -0.39 is 22.4 Å². The van der Waals surface area contributed by atoms with E-state index in [1.165, 1.54) is 12.1 Å². The van der Waals surface area contributed by atoms with E-state index in [4.69, 9.17) is 5.21 Å². The maximum absolute atomic E-state index is 11.7. The van der Waals surface area contributed by atoms with E-state index in [1.54, 1.807) is 37.6 Å². The van der Waals surface area contributed by atoms with E-state index in [0.29, 0.717) is 11.3 Å². The van der Waals surface area contributed by atoms with E-state index in [0.717, 1.165) is 0 Å². The van der Waals surface area contributed by atoms with Crippen molar-refractivity contribution in [2.24, 2.45) is 5.16 Å². The molecule has 1 amide bonds. The molecule has 0 aliphatic rings. The van der Waals surface area contributed by atoms with E-state index in [2.05, 4.69) is 14.6 Å². The van der Waals surface area contributed by atoms with Gasteiger partial charge in [0.05, 0.1) is 17.5 Å². The molecule has 0 saturated carbocycles. The quantitative estimate of drug-likeness (QED) is 0.434. The Morgan fingerprint density at radius 3 is 2.62 bits per heavy atom. The first-order valence-corrected chi connectivity index (χ1v) is 7.52. The summed E-state index contributed by atoms with van der Waals surface area (Å²) < 4.78 is 32.0. The molecule has 0 spiro atoms. The summed E-state index contributed by atoms with van der Waals surface area (Å²) in [6, 6.07) is 6.17. The highest BCUT2D eigenvalue weighted by atomic mass is 32.2. The van der Waals surface area contributed by atoms with Crippen LogP contribution in [0.3, 0.4) is 0 Å². The number of carbonyl (C=O) groups excluding carboxylic acids is 1. The highest BCUT2D eigenvalue weighted by molar-refractivity contribution is 7.91. The fourth-order valence-corrected chi connectivity index (χ4v) is 2.15. The number of nitrogens with zero attached hydrogens (tertiary/aromatic N) is 1. The largest absolute Gasteiger partial charge is 0.446 e. The Balaban J connectivity index is 2.82. The van der Waals surface area contributed by atoms with Gasteiger partial charge in [-0.2, -0.15) is 8.42 Å². The van der Waals surface area contributed by atoms with Crippen LogP contribution >= 0.6 is 0 Å². The summed E-state index contributed by atoms with van der Waals surface area (Å²) >= 11 is 0. The van der Waals surface area contributed by atoms with Crippen molar-refractivity contribution in [1.82, 2.24) is 4.72 Å². The predicted molar refractivity (Wildman–Crippen MR) is 77.7 cm³/mol. The van der Waals surface area contributed by atoms with Crippen LogP contribution in [-0.4, -0.2) is 31.5 Å². The van der Waals surface area contributed by atoms with Crippen molar-refractivity contribution in [1.29, 1.82) is 0 Å². The van der Waals surface area contributed by atoms with Gasteiger partial charge in [0.15, 0.2) is 0 Å². The normalized spacial score (nSPS) is 12.1. The number of nitrogens with one attached hydrogen (secondary N) is 2. The second-order valence-corrected chi connectivity index (χ2v) is 5.84. The van der Waals surface area contributed by atoms with Crippen molar-refractivity contribution in [3.05, 3.63) is 29.8 Å². The number of hydrogen-bond donors (Lipinski definition) is 3. The summed E-state index contributed by atoms with van der Waals surface area (Å²) in [5, 5.41) is 11.7. The molecule has 0 unspecified atom stereocenters. The van der Waals surface area contributed by atoms with Crippen LogP contribution in [0.5, 0.6) is 0 Å². The van der Waals surface area contributed by atoms with Crippen molar-refractivity contribution in [2.45, 2.75) is 26.9 Å². The molecule has 116 valence electrons. The fraction of sp³-hybridized carbons (Fsp3) is 0.333. The summed E-state index contributed by atoms with van der Waals surface area (Å²) in [5.41, 5.74) is 1.06. The second-order valence-electron chi connectivity index (χ2n) is 4.43. The molecule has 9 heteroatoms. The third kappa shape index (κ3) is 5.69. The highest BCUT2D eigenvalue weighted by Crippen LogP contribution is 2.12. The molecule has 0 aliphatic heterocycles. The Hall–Kier alpha value is -2.29. The fourth-order valence-electron chi connectivity index (χ4n) is 1.39. The molecular formula is C12H17N3O5S. The van der Waals surface area contributed by atoms with E-state index in [1.807, 2.05) is 0 Å². The average Bonchev–Trinajstić information content (AvgIpc) is 2.35. The molecule has 0 aliphatic carbocycles. The topological polar surface area (TPSA) is 117 Å². The lowest BCUT2D eigenvalue weighted by Crippen LogP contribution is -2.36. The first-order valence-electron chi connectivity index (χ1n) is 6.04. The van der Waals surface area contributed by atoms with Crippen molar-refractivity contribution < 1.29 is 23.2 Å². The zero-order chi connectivity index (χ0) is 16.0. The van der Waals surface area contributed by atoms with Gasteiger partial charge in [-0.05, 0) is 32.9 Å². The molecule has 0 fully saturated rings. The summed E-state index contributed by atoms with van der Waals surface area (Å²) in [7, 11) is -4.11. The number of anilines is 1. The van der Waals surface area contributed by atoms with Crippen LogP contribution in [0.25, 0.3) is 0 Å². The van der Waals surface area contributed by atoms with Gasteiger partial charge in [0.25, 0.3) is 0 Å². The van der Waals surface area contributed by atoms with Gasteiger partial charge in [0, 0.05) is 5.56 Å². The van der Waals surface area contributed by atoms with Crippen molar-refractivity contribution in [3.63, 3.8) is 0 Å². The van der Waals surface area contributed by atoms with Gasteiger partial charge in [-0.1, -0.05) is 17.3 Å². The molecular weight excluding hydrogens is 298 g/mol. The lowest BCUT2D eigenvalue weighted by Gasteiger charge is -2.12. The first-order chi connectivity index (χ1) is 9.73. The molecule has 1 aromatic rings. The molecule has 0 saturated heterocycles. The standard InChI is InChI=1S/C12H17N3O5S/c1-8(2)20-12(16)15-21(18,19)14-11-6-4-5-10(7-11)9(3)13-17/h4-8,14,17H,1-3H3,(H,15,16)/b13-9+. The van der Waals surface area contributed by atoms with Gasteiger partial charge in [0.2, 0.25) is 0 Å². The van der Waals surface area contributed by atoms with Crippen molar-refractivity contribution in [3.8, 4) is 0 Å². The van der Waals surface area contributed by atoms with Crippen molar-refractivity contribution in [2.75, 3.05) is 4.72 Å². The number of amides is 1. The molecule has 3 N–H and O–H groups in total. The minimum absolute atomic E-state index is 0.209. The Morgan fingerprint density at radius 2 is 2.05 bits per heavy atom.